The number of H-pyrrole nitrogens is 1. The summed E-state index contributed by atoms with van der Waals surface area (Å²) in [6.07, 6.45) is 0.343. The predicted molar refractivity (Wildman–Crippen MR) is 84.4 cm³/mol. The molecule has 0 aliphatic heterocycles. The molecule has 21 heavy (non-hydrogen) atoms. The lowest BCUT2D eigenvalue weighted by molar-refractivity contribution is -0.122. The molecule has 2 rings (SSSR count). The number of carbonyl (C=O) groups excluding carboxylic acids is 1. The largest absolute Gasteiger partial charge is 0.351 e. The van der Waals surface area contributed by atoms with Gasteiger partial charge in [-0.3, -0.25) is 4.79 Å². The van der Waals surface area contributed by atoms with E-state index in [-0.39, 0.29) is 11.4 Å². The first-order valence-corrected chi connectivity index (χ1v) is 7.15. The third kappa shape index (κ3) is 3.70. The van der Waals surface area contributed by atoms with Crippen molar-refractivity contribution in [2.45, 2.75) is 39.3 Å². The summed E-state index contributed by atoms with van der Waals surface area (Å²) in [4.78, 5) is 15.0. The molecule has 2 aromatic rings. The maximum absolute atomic E-state index is 11.9. The summed E-state index contributed by atoms with van der Waals surface area (Å²) in [7, 11) is 0. The maximum Gasteiger partial charge on any atom is 0.222 e. The highest BCUT2D eigenvalue weighted by molar-refractivity contribution is 7.71. The number of rotatable bonds is 3. The molecule has 110 valence electrons. The van der Waals surface area contributed by atoms with Crippen molar-refractivity contribution >= 4 is 29.2 Å². The van der Waals surface area contributed by atoms with Crippen LogP contribution in [0.1, 0.15) is 32.8 Å². The van der Waals surface area contributed by atoms with Crippen LogP contribution in [0.3, 0.4) is 0 Å². The summed E-state index contributed by atoms with van der Waals surface area (Å²) in [5.74, 6) is -0.0183. The fourth-order valence-electron chi connectivity index (χ4n) is 2.14. The number of benzene rings is 1. The first kappa shape index (κ1) is 15.3. The molecule has 6 heteroatoms. The second kappa shape index (κ2) is 5.70. The van der Waals surface area contributed by atoms with E-state index in [0.717, 1.165) is 11.0 Å². The van der Waals surface area contributed by atoms with Gasteiger partial charge in [-0.15, -0.1) is 0 Å². The SMILES string of the molecule is CC(C)(C)NC(=O)CCn1c(=S)[nH]c2ccc(C#N)cc21. The number of imidazole rings is 1. The Morgan fingerprint density at radius 2 is 2.19 bits per heavy atom. The topological polar surface area (TPSA) is 73.6 Å². The van der Waals surface area contributed by atoms with Gasteiger partial charge in [0, 0.05) is 18.5 Å². The third-order valence-electron chi connectivity index (χ3n) is 2.98. The van der Waals surface area contributed by atoms with Crippen molar-refractivity contribution in [3.63, 3.8) is 0 Å². The Hall–Kier alpha value is -2.13. The Morgan fingerprint density at radius 1 is 1.48 bits per heavy atom. The van der Waals surface area contributed by atoms with Crippen LogP contribution >= 0.6 is 12.2 Å². The molecule has 0 unspecified atom stereocenters. The lowest BCUT2D eigenvalue weighted by Gasteiger charge is -2.20. The molecule has 2 N–H and O–H groups in total. The average Bonchev–Trinajstić information content (AvgIpc) is 2.69. The highest BCUT2D eigenvalue weighted by atomic mass is 32.1. The van der Waals surface area contributed by atoms with Crippen LogP contribution in [0.2, 0.25) is 0 Å². The van der Waals surface area contributed by atoms with Crippen molar-refractivity contribution < 1.29 is 4.79 Å². The molecule has 1 aromatic carbocycles. The lowest BCUT2D eigenvalue weighted by atomic mass is 10.1. The van der Waals surface area contributed by atoms with Gasteiger partial charge in [0.25, 0.3) is 0 Å². The van der Waals surface area contributed by atoms with E-state index in [4.69, 9.17) is 17.5 Å². The van der Waals surface area contributed by atoms with E-state index in [1.807, 2.05) is 31.4 Å². The Kier molecular flexibility index (Phi) is 4.14. The van der Waals surface area contributed by atoms with Crippen LogP contribution in [0.5, 0.6) is 0 Å². The van der Waals surface area contributed by atoms with Gasteiger partial charge in [-0.2, -0.15) is 5.26 Å². The number of aromatic nitrogens is 2. The van der Waals surface area contributed by atoms with Crippen LogP contribution < -0.4 is 5.32 Å². The third-order valence-corrected chi connectivity index (χ3v) is 3.30. The second-order valence-electron chi connectivity index (χ2n) is 5.97. The molecule has 1 aromatic heterocycles. The number of aromatic amines is 1. The van der Waals surface area contributed by atoms with Crippen molar-refractivity contribution in [3.05, 3.63) is 28.5 Å². The lowest BCUT2D eigenvalue weighted by Crippen LogP contribution is -2.40. The Morgan fingerprint density at radius 3 is 2.81 bits per heavy atom. The van der Waals surface area contributed by atoms with Crippen LogP contribution in [0.15, 0.2) is 18.2 Å². The average molecular weight is 302 g/mol. The molecule has 0 saturated heterocycles. The Bertz CT molecular complexity index is 774. The van der Waals surface area contributed by atoms with Gasteiger partial charge in [0.05, 0.1) is 22.7 Å². The molecule has 0 fully saturated rings. The molecule has 0 atom stereocenters. The van der Waals surface area contributed by atoms with Crippen molar-refractivity contribution in [2.24, 2.45) is 0 Å². The van der Waals surface area contributed by atoms with E-state index < -0.39 is 0 Å². The maximum atomic E-state index is 11.9. The van der Waals surface area contributed by atoms with Gasteiger partial charge in [-0.05, 0) is 51.2 Å². The van der Waals surface area contributed by atoms with Gasteiger partial charge in [-0.1, -0.05) is 0 Å². The molecule has 0 radical (unpaired) electrons. The van der Waals surface area contributed by atoms with Crippen LogP contribution in [-0.4, -0.2) is 21.0 Å². The van der Waals surface area contributed by atoms with Gasteiger partial charge < -0.3 is 14.9 Å². The van der Waals surface area contributed by atoms with Gasteiger partial charge in [0.2, 0.25) is 5.91 Å². The summed E-state index contributed by atoms with van der Waals surface area (Å²) in [6.45, 7) is 6.32. The van der Waals surface area contributed by atoms with Crippen molar-refractivity contribution in [3.8, 4) is 6.07 Å². The number of nitriles is 1. The highest BCUT2D eigenvalue weighted by Gasteiger charge is 2.14. The number of hydrogen-bond acceptors (Lipinski definition) is 3. The van der Waals surface area contributed by atoms with E-state index in [1.54, 1.807) is 12.1 Å². The van der Waals surface area contributed by atoms with Gasteiger partial charge in [0.1, 0.15) is 0 Å². The summed E-state index contributed by atoms with van der Waals surface area (Å²) in [6, 6.07) is 7.46. The number of carbonyl (C=O) groups is 1. The molecular formula is C15H18N4OS. The minimum absolute atomic E-state index is 0.0183. The molecular weight excluding hydrogens is 284 g/mol. The van der Waals surface area contributed by atoms with Crippen molar-refractivity contribution in [1.82, 2.24) is 14.9 Å². The van der Waals surface area contributed by atoms with Crippen molar-refractivity contribution in [1.29, 1.82) is 5.26 Å². The van der Waals surface area contributed by atoms with Gasteiger partial charge in [-0.25, -0.2) is 0 Å². The fraction of sp³-hybridized carbons (Fsp3) is 0.400. The first-order valence-electron chi connectivity index (χ1n) is 6.74. The summed E-state index contributed by atoms with van der Waals surface area (Å²) in [5, 5.41) is 11.9. The zero-order valence-electron chi connectivity index (χ0n) is 12.4. The number of nitrogens with zero attached hydrogens (tertiary/aromatic N) is 2. The van der Waals surface area contributed by atoms with Gasteiger partial charge >= 0.3 is 0 Å². The molecule has 0 spiro atoms. The fourth-order valence-corrected chi connectivity index (χ4v) is 2.44. The predicted octanol–water partition coefficient (Wildman–Crippen LogP) is 2.88. The van der Waals surface area contributed by atoms with Crippen LogP contribution in [0.25, 0.3) is 11.0 Å². The zero-order valence-corrected chi connectivity index (χ0v) is 13.2. The standard InChI is InChI=1S/C15H18N4OS/c1-15(2,3)18-13(20)6-7-19-12-8-10(9-16)4-5-11(12)17-14(19)21/h4-5,8H,6-7H2,1-3H3,(H,17,21)(H,18,20). The number of amides is 1. The van der Waals surface area contributed by atoms with E-state index in [9.17, 15) is 4.79 Å². The van der Waals surface area contributed by atoms with E-state index in [0.29, 0.717) is 23.3 Å². The van der Waals surface area contributed by atoms with Crippen molar-refractivity contribution in [2.75, 3.05) is 0 Å². The van der Waals surface area contributed by atoms with Gasteiger partial charge in [0.15, 0.2) is 4.77 Å². The number of nitrogens with one attached hydrogen (secondary N) is 2. The van der Waals surface area contributed by atoms with E-state index in [2.05, 4.69) is 16.4 Å². The smallest absolute Gasteiger partial charge is 0.222 e. The summed E-state index contributed by atoms with van der Waals surface area (Å²) >= 11 is 5.29. The molecule has 0 saturated carbocycles. The Balaban J connectivity index is 2.22. The molecule has 0 aliphatic carbocycles. The molecule has 0 aliphatic rings. The number of fused-ring (bicyclic) bond motifs is 1. The monoisotopic (exact) mass is 302 g/mol. The normalized spacial score (nSPS) is 11.3. The minimum atomic E-state index is -0.243. The number of hydrogen-bond donors (Lipinski definition) is 2. The quantitative estimate of drug-likeness (QED) is 0.856. The molecule has 5 nitrogen and oxygen atoms in total. The van der Waals surface area contributed by atoms with E-state index >= 15 is 0 Å². The molecule has 1 amide bonds. The zero-order chi connectivity index (χ0) is 15.6. The summed E-state index contributed by atoms with van der Waals surface area (Å²) in [5.41, 5.74) is 2.05. The van der Waals surface area contributed by atoms with Crippen LogP contribution in [0, 0.1) is 16.1 Å². The molecule has 1 heterocycles. The Labute approximate surface area is 128 Å². The second-order valence-corrected chi connectivity index (χ2v) is 6.36. The summed E-state index contributed by atoms with van der Waals surface area (Å²) < 4.78 is 2.41. The van der Waals surface area contributed by atoms with Crippen LogP contribution in [0.4, 0.5) is 0 Å². The number of aryl methyl sites for hydroxylation is 1. The van der Waals surface area contributed by atoms with E-state index in [1.165, 1.54) is 0 Å². The first-order chi connectivity index (χ1) is 9.80. The van der Waals surface area contributed by atoms with Crippen LogP contribution in [-0.2, 0) is 11.3 Å². The molecule has 0 bridgehead atoms. The highest BCUT2D eigenvalue weighted by Crippen LogP contribution is 2.16. The minimum Gasteiger partial charge on any atom is -0.351 e.